The molecule has 1 heterocycles. The predicted octanol–water partition coefficient (Wildman–Crippen LogP) is 2.92. The molecule has 4 N–H and O–H groups in total. The van der Waals surface area contributed by atoms with Gasteiger partial charge in [-0.25, -0.2) is 0 Å². The Morgan fingerprint density at radius 3 is 2.50 bits per heavy atom. The molecule has 3 rings (SSSR count). The number of pyridine rings is 1. The standard InChI is InChI=1S/C21H24N2O4.ClH/c1-13(11-14-3-5-15(27-2)6-4-14)22-12-19(25)16-7-9-18(24)21-17(16)8-10-20(26)23-21;/h3-10,13,19,22,24-25H,11-12H2,1-2H3,(H,23,26);1H/t13?,19-;/m0./s1. The molecule has 0 radical (unpaired) electrons. The fraction of sp³-hybridized carbons (Fsp3) is 0.286. The number of hydrogen-bond donors (Lipinski definition) is 4. The van der Waals surface area contributed by atoms with E-state index in [-0.39, 0.29) is 29.8 Å². The largest absolute Gasteiger partial charge is 0.506 e. The number of aliphatic hydroxyl groups is 1. The van der Waals surface area contributed by atoms with Crippen molar-refractivity contribution < 1.29 is 14.9 Å². The molecule has 0 fully saturated rings. The first-order chi connectivity index (χ1) is 13.0. The molecule has 0 aliphatic rings. The number of aromatic amines is 1. The number of ether oxygens (including phenoxy) is 1. The molecule has 0 amide bonds. The molecule has 0 bridgehead atoms. The van der Waals surface area contributed by atoms with E-state index in [9.17, 15) is 15.0 Å². The van der Waals surface area contributed by atoms with Crippen LogP contribution in [0.3, 0.4) is 0 Å². The molecule has 0 aliphatic carbocycles. The summed E-state index contributed by atoms with van der Waals surface area (Å²) < 4.78 is 5.16. The van der Waals surface area contributed by atoms with E-state index in [1.165, 1.54) is 17.7 Å². The van der Waals surface area contributed by atoms with Crippen molar-refractivity contribution in [2.75, 3.05) is 13.7 Å². The van der Waals surface area contributed by atoms with Gasteiger partial charge in [-0.15, -0.1) is 12.4 Å². The summed E-state index contributed by atoms with van der Waals surface area (Å²) in [5.41, 5.74) is 1.88. The van der Waals surface area contributed by atoms with E-state index < -0.39 is 6.10 Å². The number of hydrogen-bond acceptors (Lipinski definition) is 5. The van der Waals surface area contributed by atoms with Gasteiger partial charge >= 0.3 is 0 Å². The zero-order valence-electron chi connectivity index (χ0n) is 15.8. The van der Waals surface area contributed by atoms with Crippen LogP contribution in [0.1, 0.15) is 24.2 Å². The summed E-state index contributed by atoms with van der Waals surface area (Å²) in [6, 6.07) is 14.2. The van der Waals surface area contributed by atoms with E-state index in [0.717, 1.165) is 12.2 Å². The van der Waals surface area contributed by atoms with Crippen LogP contribution in [0.15, 0.2) is 53.3 Å². The van der Waals surface area contributed by atoms with Crippen LogP contribution in [0.25, 0.3) is 10.9 Å². The van der Waals surface area contributed by atoms with E-state index in [1.54, 1.807) is 19.2 Å². The van der Waals surface area contributed by atoms with Crippen LogP contribution >= 0.6 is 12.4 Å². The average molecular weight is 405 g/mol. The minimum atomic E-state index is -0.766. The molecule has 28 heavy (non-hydrogen) atoms. The molecule has 0 saturated heterocycles. The number of rotatable bonds is 7. The van der Waals surface area contributed by atoms with Gasteiger partial charge in [0.05, 0.1) is 18.7 Å². The normalized spacial score (nSPS) is 13.0. The predicted molar refractivity (Wildman–Crippen MR) is 113 cm³/mol. The summed E-state index contributed by atoms with van der Waals surface area (Å²) in [6.07, 6.45) is 0.0534. The molecule has 1 unspecified atom stereocenters. The summed E-state index contributed by atoms with van der Waals surface area (Å²) >= 11 is 0. The van der Waals surface area contributed by atoms with Gasteiger partial charge in [-0.1, -0.05) is 18.2 Å². The molecule has 6 nitrogen and oxygen atoms in total. The number of aromatic hydroxyl groups is 1. The summed E-state index contributed by atoms with van der Waals surface area (Å²) in [4.78, 5) is 14.1. The Labute approximate surface area is 169 Å². The summed E-state index contributed by atoms with van der Waals surface area (Å²) in [7, 11) is 1.64. The van der Waals surface area contributed by atoms with Crippen molar-refractivity contribution in [1.82, 2.24) is 10.3 Å². The minimum Gasteiger partial charge on any atom is -0.506 e. The Morgan fingerprint density at radius 1 is 1.11 bits per heavy atom. The van der Waals surface area contributed by atoms with Crippen molar-refractivity contribution in [1.29, 1.82) is 0 Å². The number of phenolic OH excluding ortho intramolecular Hbond substituents is 1. The van der Waals surface area contributed by atoms with Crippen LogP contribution < -0.4 is 15.6 Å². The molecule has 2 atom stereocenters. The second-order valence-corrected chi connectivity index (χ2v) is 6.66. The van der Waals surface area contributed by atoms with Gasteiger partial charge in [0.2, 0.25) is 5.56 Å². The van der Waals surface area contributed by atoms with E-state index in [4.69, 9.17) is 4.74 Å². The van der Waals surface area contributed by atoms with Gasteiger partial charge < -0.3 is 25.3 Å². The highest BCUT2D eigenvalue weighted by Crippen LogP contribution is 2.28. The van der Waals surface area contributed by atoms with Gasteiger partial charge in [-0.05, 0) is 48.7 Å². The third-order valence-electron chi connectivity index (χ3n) is 4.63. The maximum absolute atomic E-state index is 11.5. The summed E-state index contributed by atoms with van der Waals surface area (Å²) in [5.74, 6) is 0.812. The number of nitrogens with one attached hydrogen (secondary N) is 2. The lowest BCUT2D eigenvalue weighted by Gasteiger charge is -2.19. The second-order valence-electron chi connectivity index (χ2n) is 6.66. The molecule has 0 aliphatic heterocycles. The number of halogens is 1. The molecule has 1 aromatic heterocycles. The fourth-order valence-electron chi connectivity index (χ4n) is 3.16. The third-order valence-corrected chi connectivity index (χ3v) is 4.63. The Morgan fingerprint density at radius 2 is 1.82 bits per heavy atom. The van der Waals surface area contributed by atoms with E-state index in [1.807, 2.05) is 24.3 Å². The van der Waals surface area contributed by atoms with Crippen LogP contribution in [0.4, 0.5) is 0 Å². The first-order valence-corrected chi connectivity index (χ1v) is 8.87. The third kappa shape index (κ3) is 5.04. The first-order valence-electron chi connectivity index (χ1n) is 8.87. The van der Waals surface area contributed by atoms with Crippen LogP contribution in [-0.4, -0.2) is 34.9 Å². The average Bonchev–Trinajstić information content (AvgIpc) is 2.67. The first kappa shape index (κ1) is 21.8. The Hall–Kier alpha value is -2.54. The molecular weight excluding hydrogens is 380 g/mol. The van der Waals surface area contributed by atoms with Crippen molar-refractivity contribution in [3.05, 3.63) is 70.0 Å². The van der Waals surface area contributed by atoms with Crippen LogP contribution in [0.5, 0.6) is 11.5 Å². The van der Waals surface area contributed by atoms with Crippen LogP contribution in [0.2, 0.25) is 0 Å². The monoisotopic (exact) mass is 404 g/mol. The zero-order chi connectivity index (χ0) is 19.4. The highest BCUT2D eigenvalue weighted by Gasteiger charge is 2.15. The Kier molecular flexibility index (Phi) is 7.45. The smallest absolute Gasteiger partial charge is 0.248 e. The Bertz CT molecular complexity index is 972. The maximum atomic E-state index is 11.5. The van der Waals surface area contributed by atoms with E-state index >= 15 is 0 Å². The van der Waals surface area contributed by atoms with Crippen molar-refractivity contribution in [2.24, 2.45) is 0 Å². The molecule has 0 spiro atoms. The van der Waals surface area contributed by atoms with Gasteiger partial charge in [0.1, 0.15) is 11.5 Å². The number of benzene rings is 2. The van der Waals surface area contributed by atoms with Crippen LogP contribution in [0, 0.1) is 0 Å². The molecular formula is C21H25ClN2O4. The van der Waals surface area contributed by atoms with Gasteiger partial charge in [0, 0.05) is 24.0 Å². The quantitative estimate of drug-likeness (QED) is 0.485. The molecule has 7 heteroatoms. The number of aliphatic hydroxyl groups excluding tert-OH is 1. The number of phenols is 1. The number of methoxy groups -OCH3 is 1. The van der Waals surface area contributed by atoms with E-state index in [2.05, 4.69) is 17.2 Å². The van der Waals surface area contributed by atoms with Gasteiger partial charge in [-0.3, -0.25) is 4.79 Å². The summed E-state index contributed by atoms with van der Waals surface area (Å²) in [5, 5.41) is 24.5. The maximum Gasteiger partial charge on any atom is 0.248 e. The topological polar surface area (TPSA) is 94.6 Å². The number of H-pyrrole nitrogens is 1. The van der Waals surface area contributed by atoms with Gasteiger partial charge in [0.25, 0.3) is 0 Å². The number of aromatic nitrogens is 1. The lowest BCUT2D eigenvalue weighted by atomic mass is 10.0. The van der Waals surface area contributed by atoms with Crippen molar-refractivity contribution in [3.8, 4) is 11.5 Å². The minimum absolute atomic E-state index is 0. The highest BCUT2D eigenvalue weighted by atomic mass is 35.5. The zero-order valence-corrected chi connectivity index (χ0v) is 16.6. The summed E-state index contributed by atoms with van der Waals surface area (Å²) in [6.45, 7) is 2.42. The second kappa shape index (κ2) is 9.59. The van der Waals surface area contributed by atoms with E-state index in [0.29, 0.717) is 23.0 Å². The molecule has 0 saturated carbocycles. The van der Waals surface area contributed by atoms with Crippen molar-refractivity contribution in [2.45, 2.75) is 25.5 Å². The van der Waals surface area contributed by atoms with Crippen molar-refractivity contribution in [3.63, 3.8) is 0 Å². The van der Waals surface area contributed by atoms with Gasteiger partial charge in [0.15, 0.2) is 0 Å². The number of fused-ring (bicyclic) bond motifs is 1. The fourth-order valence-corrected chi connectivity index (χ4v) is 3.16. The molecule has 3 aromatic rings. The molecule has 2 aromatic carbocycles. The van der Waals surface area contributed by atoms with Crippen LogP contribution in [-0.2, 0) is 6.42 Å². The van der Waals surface area contributed by atoms with Gasteiger partial charge in [-0.2, -0.15) is 0 Å². The highest BCUT2D eigenvalue weighted by molar-refractivity contribution is 5.87. The lowest BCUT2D eigenvalue weighted by Crippen LogP contribution is -2.32. The van der Waals surface area contributed by atoms with Crippen molar-refractivity contribution >= 4 is 23.3 Å². The SMILES string of the molecule is COc1ccc(CC(C)NC[C@H](O)c2ccc(O)c3[nH]c(=O)ccc23)cc1.Cl. The molecule has 150 valence electrons. The Balaban J connectivity index is 0.00000280. The lowest BCUT2D eigenvalue weighted by molar-refractivity contribution is 0.172.